The molecule has 1 heterocycles. The molecule has 26 heavy (non-hydrogen) atoms. The molecule has 0 fully saturated rings. The van der Waals surface area contributed by atoms with Gasteiger partial charge in [0.05, 0.1) is 35.6 Å². The molecule has 0 spiro atoms. The molecule has 6 N–H and O–H groups in total. The van der Waals surface area contributed by atoms with E-state index in [2.05, 4.69) is 25.4 Å². The molecule has 0 amide bonds. The first-order chi connectivity index (χ1) is 12.3. The summed E-state index contributed by atoms with van der Waals surface area (Å²) in [4.78, 5) is 12.0. The Kier molecular flexibility index (Phi) is 5.73. The summed E-state index contributed by atoms with van der Waals surface area (Å²) in [7, 11) is 0. The second-order valence-corrected chi connectivity index (χ2v) is 4.82. The Morgan fingerprint density at radius 2 is 1.85 bits per heavy atom. The minimum atomic E-state index is -4.40. The van der Waals surface area contributed by atoms with E-state index in [4.69, 9.17) is 16.7 Å². The quantitative estimate of drug-likeness (QED) is 0.278. The van der Waals surface area contributed by atoms with E-state index in [0.29, 0.717) is 17.2 Å². The van der Waals surface area contributed by atoms with Gasteiger partial charge in [-0.2, -0.15) is 13.2 Å². The van der Waals surface area contributed by atoms with Gasteiger partial charge in [-0.05, 0) is 24.3 Å². The molecule has 1 aromatic carbocycles. The van der Waals surface area contributed by atoms with Crippen LogP contribution in [-0.2, 0) is 6.18 Å². The van der Waals surface area contributed by atoms with Gasteiger partial charge in [-0.25, -0.2) is 9.97 Å². The third-order valence-corrected chi connectivity index (χ3v) is 3.02. The van der Waals surface area contributed by atoms with Crippen LogP contribution in [0, 0.1) is 0 Å². The second-order valence-electron chi connectivity index (χ2n) is 4.82. The number of alkyl halides is 3. The molecule has 0 saturated heterocycles. The van der Waals surface area contributed by atoms with E-state index >= 15 is 0 Å². The molecule has 2 rings (SSSR count). The smallest absolute Gasteiger partial charge is 0.409 e. The minimum Gasteiger partial charge on any atom is -0.409 e. The Labute approximate surface area is 145 Å². The van der Waals surface area contributed by atoms with Crippen molar-refractivity contribution in [2.75, 3.05) is 5.32 Å². The van der Waals surface area contributed by atoms with Crippen molar-refractivity contribution in [2.45, 2.75) is 6.18 Å². The third-order valence-electron chi connectivity index (χ3n) is 3.02. The maximum absolute atomic E-state index is 12.5. The van der Waals surface area contributed by atoms with Crippen LogP contribution in [0.4, 0.5) is 24.7 Å². The van der Waals surface area contributed by atoms with Crippen molar-refractivity contribution in [3.05, 3.63) is 59.8 Å². The first-order valence-electron chi connectivity index (χ1n) is 7.03. The Balaban J connectivity index is 2.06. The van der Waals surface area contributed by atoms with Crippen molar-refractivity contribution >= 4 is 23.6 Å². The van der Waals surface area contributed by atoms with Crippen LogP contribution in [-0.4, -0.2) is 27.2 Å². The molecule has 0 saturated carbocycles. The van der Waals surface area contributed by atoms with E-state index in [1.165, 1.54) is 36.9 Å². The van der Waals surface area contributed by atoms with Crippen LogP contribution >= 0.6 is 0 Å². The molecule has 0 atom stereocenters. The van der Waals surface area contributed by atoms with Crippen LogP contribution in [0.2, 0.25) is 0 Å². The monoisotopic (exact) mass is 365 g/mol. The summed E-state index contributed by atoms with van der Waals surface area (Å²) < 4.78 is 37.5. The summed E-state index contributed by atoms with van der Waals surface area (Å²) in [6.45, 7) is 0. The van der Waals surface area contributed by atoms with E-state index < -0.39 is 11.7 Å². The van der Waals surface area contributed by atoms with Gasteiger partial charge >= 0.3 is 6.18 Å². The topological polar surface area (TPSA) is 135 Å². The normalized spacial score (nSPS) is 13.2. The molecule has 0 radical (unpaired) electrons. The first-order valence-corrected chi connectivity index (χ1v) is 7.03. The number of hydrogen-bond acceptors (Lipinski definition) is 7. The van der Waals surface area contributed by atoms with E-state index in [1.54, 1.807) is 0 Å². The highest BCUT2D eigenvalue weighted by atomic mass is 19.4. The van der Waals surface area contributed by atoms with Crippen LogP contribution in [0.15, 0.2) is 58.7 Å². The van der Waals surface area contributed by atoms with Crippen molar-refractivity contribution < 1.29 is 18.4 Å². The lowest BCUT2D eigenvalue weighted by Gasteiger charge is -2.07. The molecule has 0 bridgehead atoms. The molecule has 1 aromatic heterocycles. The predicted octanol–water partition coefficient (Wildman–Crippen LogP) is 2.20. The average molecular weight is 365 g/mol. The number of rotatable bonds is 5. The summed E-state index contributed by atoms with van der Waals surface area (Å²) in [5.41, 5.74) is 10.9. The zero-order valence-electron chi connectivity index (χ0n) is 13.1. The zero-order valence-corrected chi connectivity index (χ0v) is 13.1. The number of oxime groups is 1. The summed E-state index contributed by atoms with van der Waals surface area (Å²) in [6.07, 6.45) is 0.719. The Morgan fingerprint density at radius 1 is 1.15 bits per heavy atom. The fourth-order valence-electron chi connectivity index (χ4n) is 1.72. The van der Waals surface area contributed by atoms with Gasteiger partial charge in [0.2, 0.25) is 0 Å². The summed E-state index contributed by atoms with van der Waals surface area (Å²) in [6, 6.07) is 4.34. The van der Waals surface area contributed by atoms with Crippen LogP contribution in [0.25, 0.3) is 0 Å². The van der Waals surface area contributed by atoms with Crippen molar-refractivity contribution in [3.63, 3.8) is 0 Å². The highest BCUT2D eigenvalue weighted by molar-refractivity contribution is 5.95. The molecule has 136 valence electrons. The van der Waals surface area contributed by atoms with Gasteiger partial charge in [-0.15, -0.1) is 0 Å². The largest absolute Gasteiger partial charge is 0.416 e. The van der Waals surface area contributed by atoms with Gasteiger partial charge in [0.15, 0.2) is 5.84 Å². The molecule has 0 aliphatic heterocycles. The van der Waals surface area contributed by atoms with Crippen LogP contribution in [0.5, 0.6) is 0 Å². The van der Waals surface area contributed by atoms with Gasteiger partial charge in [0, 0.05) is 6.20 Å². The number of aromatic nitrogens is 2. The van der Waals surface area contributed by atoms with E-state index in [0.717, 1.165) is 12.1 Å². The lowest BCUT2D eigenvalue weighted by Crippen LogP contribution is -2.15. The number of nitrogens with one attached hydrogen (secondary N) is 1. The van der Waals surface area contributed by atoms with E-state index in [1.807, 2.05) is 0 Å². The number of nitrogens with two attached hydrogens (primary N) is 2. The Hall–Kier alpha value is -3.63. The molecule has 0 aliphatic carbocycles. The standard InChI is InChI=1S/C15H14F3N7O/c16-15(17,18)9-1-3-10(4-2-9)21-6-11(5-19)24-13-8-22-12(7-23-13)14(20)25-26/h1-8,26H,19H2,(H2,20,25)(H,23,24)/b11-5+,21-6?. The van der Waals surface area contributed by atoms with Gasteiger partial charge in [-0.1, -0.05) is 5.16 Å². The Bertz CT molecular complexity index is 828. The first kappa shape index (κ1) is 18.7. The van der Waals surface area contributed by atoms with Gasteiger partial charge in [-0.3, -0.25) is 4.99 Å². The van der Waals surface area contributed by atoms with Crippen LogP contribution in [0.3, 0.4) is 0 Å². The SMILES string of the molecule is N/C=C(\C=Nc1ccc(C(F)(F)F)cc1)Nc1cnc(/C(N)=N/O)cn1. The maximum Gasteiger partial charge on any atom is 0.416 e. The molecule has 0 aliphatic rings. The molecular formula is C15H14F3N7O. The number of aliphatic imine (C=N–C) groups is 1. The number of allylic oxidation sites excluding steroid dienone is 1. The predicted molar refractivity (Wildman–Crippen MR) is 90.0 cm³/mol. The second kappa shape index (κ2) is 7.96. The Morgan fingerprint density at radius 3 is 2.35 bits per heavy atom. The summed E-state index contributed by atoms with van der Waals surface area (Å²) in [5.74, 6) is 0.109. The highest BCUT2D eigenvalue weighted by Crippen LogP contribution is 2.30. The van der Waals surface area contributed by atoms with Gasteiger partial charge in [0.25, 0.3) is 0 Å². The number of benzene rings is 1. The molecule has 0 unspecified atom stereocenters. The van der Waals surface area contributed by atoms with Crippen molar-refractivity contribution in [2.24, 2.45) is 21.6 Å². The van der Waals surface area contributed by atoms with Crippen molar-refractivity contribution in [1.82, 2.24) is 9.97 Å². The number of amidine groups is 1. The fraction of sp³-hybridized carbons (Fsp3) is 0.0667. The molecular weight excluding hydrogens is 351 g/mol. The molecule has 2 aromatic rings. The van der Waals surface area contributed by atoms with Gasteiger partial charge in [0.1, 0.15) is 11.5 Å². The van der Waals surface area contributed by atoms with E-state index in [-0.39, 0.29) is 11.5 Å². The number of hydrogen-bond donors (Lipinski definition) is 4. The summed E-state index contributed by atoms with van der Waals surface area (Å²) in [5, 5.41) is 14.2. The lowest BCUT2D eigenvalue weighted by molar-refractivity contribution is -0.137. The lowest BCUT2D eigenvalue weighted by atomic mass is 10.2. The molecule has 8 nitrogen and oxygen atoms in total. The van der Waals surface area contributed by atoms with Crippen molar-refractivity contribution in [1.29, 1.82) is 0 Å². The average Bonchev–Trinajstić information content (AvgIpc) is 2.64. The van der Waals surface area contributed by atoms with Crippen LogP contribution < -0.4 is 16.8 Å². The van der Waals surface area contributed by atoms with Crippen LogP contribution in [0.1, 0.15) is 11.3 Å². The highest BCUT2D eigenvalue weighted by Gasteiger charge is 2.29. The van der Waals surface area contributed by atoms with E-state index in [9.17, 15) is 13.2 Å². The zero-order chi connectivity index (χ0) is 19.2. The third kappa shape index (κ3) is 4.93. The summed E-state index contributed by atoms with van der Waals surface area (Å²) >= 11 is 0. The number of nitrogens with zero attached hydrogens (tertiary/aromatic N) is 4. The molecule has 11 heteroatoms. The number of anilines is 1. The minimum absolute atomic E-state index is 0.176. The van der Waals surface area contributed by atoms with Gasteiger partial charge < -0.3 is 22.0 Å². The fourth-order valence-corrected chi connectivity index (χ4v) is 1.72. The number of halogens is 3. The van der Waals surface area contributed by atoms with Crippen molar-refractivity contribution in [3.8, 4) is 0 Å². The maximum atomic E-state index is 12.5.